The van der Waals surface area contributed by atoms with Gasteiger partial charge in [-0.15, -0.1) is 0 Å². The molecule has 1 heteroatoms. The first-order chi connectivity index (χ1) is 5.42. The highest BCUT2D eigenvalue weighted by Crippen LogP contribution is 2.15. The molecular formula is C10H9N. The summed E-state index contributed by atoms with van der Waals surface area (Å²) in [7, 11) is 0. The summed E-state index contributed by atoms with van der Waals surface area (Å²) in [6, 6.07) is 9.91. The Balaban J connectivity index is 2.76. The molecule has 0 fully saturated rings. The minimum absolute atomic E-state index is 1.06. The molecule has 2 rings (SSSR count). The molecule has 0 saturated carbocycles. The first-order valence-electron chi connectivity index (χ1n) is 3.80. The lowest BCUT2D eigenvalue weighted by Crippen LogP contribution is -1.72. The van der Waals surface area contributed by atoms with Gasteiger partial charge < -0.3 is 4.98 Å². The third kappa shape index (κ3) is 0.877. The summed E-state index contributed by atoms with van der Waals surface area (Å²) < 4.78 is 0. The highest BCUT2D eigenvalue weighted by atomic mass is 14.7. The van der Waals surface area contributed by atoms with Crippen molar-refractivity contribution in [3.8, 4) is 0 Å². The first kappa shape index (κ1) is 6.30. The molecule has 0 saturated heterocycles. The second-order valence-electron chi connectivity index (χ2n) is 2.56. The van der Waals surface area contributed by atoms with Gasteiger partial charge in [0.25, 0.3) is 0 Å². The van der Waals surface area contributed by atoms with Gasteiger partial charge in [-0.1, -0.05) is 13.0 Å². The molecule has 11 heavy (non-hydrogen) atoms. The van der Waals surface area contributed by atoms with Gasteiger partial charge in [-0.2, -0.15) is 0 Å². The lowest BCUT2D eigenvalue weighted by atomic mass is 10.1. The Hall–Kier alpha value is -1.42. The standard InChI is InChI=1S/C10H9N/c1-2-8-7-11-10-6-4-3-5-9(8)10/h3,5,7,11H,2H2,1H3. The predicted molar refractivity (Wildman–Crippen MR) is 45.3 cm³/mol. The number of H-pyrrole nitrogens is 1. The third-order valence-electron chi connectivity index (χ3n) is 1.92. The van der Waals surface area contributed by atoms with Crippen molar-refractivity contribution in [2.45, 2.75) is 13.3 Å². The average Bonchev–Trinajstić information content (AvgIpc) is 2.47. The van der Waals surface area contributed by atoms with Crippen LogP contribution in [0.5, 0.6) is 0 Å². The van der Waals surface area contributed by atoms with Crippen molar-refractivity contribution in [1.29, 1.82) is 0 Å². The summed E-state index contributed by atoms with van der Waals surface area (Å²) in [5.74, 6) is 0. The molecule has 0 amide bonds. The van der Waals surface area contributed by atoms with Crippen LogP contribution >= 0.6 is 0 Å². The van der Waals surface area contributed by atoms with Crippen molar-refractivity contribution < 1.29 is 0 Å². The van der Waals surface area contributed by atoms with Crippen LogP contribution < -0.4 is 0 Å². The number of hydrogen-bond donors (Lipinski definition) is 1. The van der Waals surface area contributed by atoms with Gasteiger partial charge in [0, 0.05) is 11.6 Å². The van der Waals surface area contributed by atoms with Crippen LogP contribution in [-0.2, 0) is 6.42 Å². The Bertz CT molecular complexity index is 360. The van der Waals surface area contributed by atoms with Crippen LogP contribution in [0, 0.1) is 12.1 Å². The zero-order valence-corrected chi connectivity index (χ0v) is 6.44. The number of rotatable bonds is 1. The molecule has 0 aliphatic carbocycles. The molecule has 54 valence electrons. The van der Waals surface area contributed by atoms with Crippen molar-refractivity contribution >= 4 is 10.9 Å². The van der Waals surface area contributed by atoms with Crippen LogP contribution in [0.1, 0.15) is 12.5 Å². The monoisotopic (exact) mass is 143 g/mol. The number of hydrogen-bond acceptors (Lipinski definition) is 0. The summed E-state index contributed by atoms with van der Waals surface area (Å²) in [5.41, 5.74) is 2.41. The van der Waals surface area contributed by atoms with Crippen molar-refractivity contribution in [3.05, 3.63) is 36.0 Å². The minimum atomic E-state index is 1.06. The van der Waals surface area contributed by atoms with E-state index in [1.54, 1.807) is 0 Å². The summed E-state index contributed by atoms with van der Waals surface area (Å²) in [5, 5.41) is 1.27. The van der Waals surface area contributed by atoms with Gasteiger partial charge in [-0.05, 0) is 30.2 Å². The maximum Gasteiger partial charge on any atom is 0.0973 e. The van der Waals surface area contributed by atoms with Crippen LogP contribution in [-0.4, -0.2) is 4.98 Å². The van der Waals surface area contributed by atoms with E-state index in [1.807, 2.05) is 12.3 Å². The Labute approximate surface area is 66.1 Å². The number of fused-ring (bicyclic) bond motifs is 1. The van der Waals surface area contributed by atoms with Crippen LogP contribution in [0.4, 0.5) is 0 Å². The fourth-order valence-corrected chi connectivity index (χ4v) is 1.30. The molecule has 0 aliphatic heterocycles. The zero-order valence-electron chi connectivity index (χ0n) is 6.44. The molecule has 1 nitrogen and oxygen atoms in total. The van der Waals surface area contributed by atoms with Crippen molar-refractivity contribution in [2.24, 2.45) is 0 Å². The zero-order chi connectivity index (χ0) is 7.68. The minimum Gasteiger partial charge on any atom is -0.354 e. The number of nitrogens with one attached hydrogen (secondary N) is 1. The van der Waals surface area contributed by atoms with Crippen LogP contribution in [0.25, 0.3) is 10.9 Å². The highest BCUT2D eigenvalue weighted by Gasteiger charge is 1.97. The fourth-order valence-electron chi connectivity index (χ4n) is 1.30. The van der Waals surface area contributed by atoms with Gasteiger partial charge in [-0.25, -0.2) is 0 Å². The van der Waals surface area contributed by atoms with Crippen molar-refractivity contribution in [1.82, 2.24) is 4.98 Å². The van der Waals surface area contributed by atoms with Crippen molar-refractivity contribution in [2.75, 3.05) is 0 Å². The summed E-state index contributed by atoms with van der Waals surface area (Å²) in [6.07, 6.45) is 3.10. The SMILES string of the molecule is CCc1c[nH]c2c#cccc12. The van der Waals surface area contributed by atoms with Gasteiger partial charge in [-0.3, -0.25) is 0 Å². The van der Waals surface area contributed by atoms with E-state index in [0.717, 1.165) is 11.9 Å². The molecular weight excluding hydrogens is 134 g/mol. The van der Waals surface area contributed by atoms with Crippen LogP contribution in [0.3, 0.4) is 0 Å². The van der Waals surface area contributed by atoms with Gasteiger partial charge in [0.05, 0.1) is 5.52 Å². The second-order valence-corrected chi connectivity index (χ2v) is 2.56. The predicted octanol–water partition coefficient (Wildman–Crippen LogP) is 2.33. The van der Waals surface area contributed by atoms with E-state index in [9.17, 15) is 0 Å². The van der Waals surface area contributed by atoms with E-state index in [2.05, 4.69) is 30.1 Å². The van der Waals surface area contributed by atoms with E-state index in [1.165, 1.54) is 10.9 Å². The highest BCUT2D eigenvalue weighted by molar-refractivity contribution is 5.81. The number of aromatic nitrogens is 1. The maximum atomic E-state index is 3.15. The van der Waals surface area contributed by atoms with E-state index >= 15 is 0 Å². The summed E-state index contributed by atoms with van der Waals surface area (Å²) in [6.45, 7) is 2.15. The Morgan fingerprint density at radius 3 is 3.27 bits per heavy atom. The molecule has 1 aromatic heterocycles. The second kappa shape index (κ2) is 2.32. The van der Waals surface area contributed by atoms with E-state index in [4.69, 9.17) is 0 Å². The topological polar surface area (TPSA) is 15.8 Å². The van der Waals surface area contributed by atoms with Gasteiger partial charge in [0.15, 0.2) is 0 Å². The average molecular weight is 143 g/mol. The largest absolute Gasteiger partial charge is 0.354 e. The molecule has 0 aliphatic rings. The molecule has 1 aromatic carbocycles. The lowest BCUT2D eigenvalue weighted by molar-refractivity contribution is 1.15. The van der Waals surface area contributed by atoms with Gasteiger partial charge >= 0.3 is 0 Å². The normalized spacial score (nSPS) is 9.91. The molecule has 0 bridgehead atoms. The lowest BCUT2D eigenvalue weighted by Gasteiger charge is -1.87. The Morgan fingerprint density at radius 1 is 1.55 bits per heavy atom. The Morgan fingerprint density at radius 2 is 2.45 bits per heavy atom. The van der Waals surface area contributed by atoms with E-state index in [0.29, 0.717) is 0 Å². The number of aryl methyl sites for hydroxylation is 1. The Kier molecular flexibility index (Phi) is 1.33. The maximum absolute atomic E-state index is 3.15. The molecule has 0 atom stereocenters. The molecule has 1 heterocycles. The molecule has 0 spiro atoms. The van der Waals surface area contributed by atoms with Gasteiger partial charge in [0.1, 0.15) is 0 Å². The summed E-state index contributed by atoms with van der Waals surface area (Å²) >= 11 is 0. The smallest absolute Gasteiger partial charge is 0.0973 e. The quantitative estimate of drug-likeness (QED) is 0.630. The first-order valence-corrected chi connectivity index (χ1v) is 3.80. The van der Waals surface area contributed by atoms with E-state index in [-0.39, 0.29) is 0 Å². The molecule has 1 N–H and O–H groups in total. The number of aromatic amines is 1. The van der Waals surface area contributed by atoms with E-state index < -0.39 is 0 Å². The summed E-state index contributed by atoms with van der Waals surface area (Å²) in [4.78, 5) is 3.15. The molecule has 0 radical (unpaired) electrons. The van der Waals surface area contributed by atoms with Gasteiger partial charge in [0.2, 0.25) is 0 Å². The molecule has 2 aromatic rings. The fraction of sp³-hybridized carbons (Fsp3) is 0.200. The van der Waals surface area contributed by atoms with Crippen LogP contribution in [0.15, 0.2) is 18.3 Å². The molecule has 0 unspecified atom stereocenters. The third-order valence-corrected chi connectivity index (χ3v) is 1.92. The van der Waals surface area contributed by atoms with Crippen LogP contribution in [0.2, 0.25) is 0 Å². The van der Waals surface area contributed by atoms with Crippen molar-refractivity contribution in [3.63, 3.8) is 0 Å².